The van der Waals surface area contributed by atoms with Crippen molar-refractivity contribution in [1.82, 2.24) is 5.32 Å². The molecule has 1 aromatic carbocycles. The maximum absolute atomic E-state index is 12.0. The van der Waals surface area contributed by atoms with Gasteiger partial charge in [0.05, 0.1) is 0 Å². The molecule has 0 heterocycles. The SMILES string of the molecule is CC(C)(C)OC(=O)NC(C)(C)C(=O)O/N=C(\N)c1ccccc1. The van der Waals surface area contributed by atoms with E-state index >= 15 is 0 Å². The smallest absolute Gasteiger partial charge is 0.408 e. The Balaban J connectivity index is 2.67. The molecule has 0 aromatic heterocycles. The zero-order valence-electron chi connectivity index (χ0n) is 14.0. The third kappa shape index (κ3) is 6.37. The molecule has 126 valence electrons. The zero-order chi connectivity index (χ0) is 17.7. The highest BCUT2D eigenvalue weighted by Gasteiger charge is 2.33. The molecule has 1 amide bonds. The van der Waals surface area contributed by atoms with Crippen molar-refractivity contribution in [2.24, 2.45) is 10.9 Å². The van der Waals surface area contributed by atoms with Crippen molar-refractivity contribution in [3.8, 4) is 0 Å². The van der Waals surface area contributed by atoms with Gasteiger partial charge in [0, 0.05) is 5.56 Å². The number of rotatable bonds is 4. The highest BCUT2D eigenvalue weighted by atomic mass is 16.7. The summed E-state index contributed by atoms with van der Waals surface area (Å²) >= 11 is 0. The van der Waals surface area contributed by atoms with Crippen LogP contribution in [0.5, 0.6) is 0 Å². The minimum Gasteiger partial charge on any atom is -0.444 e. The van der Waals surface area contributed by atoms with Gasteiger partial charge in [-0.05, 0) is 34.6 Å². The van der Waals surface area contributed by atoms with Crippen molar-refractivity contribution < 1.29 is 19.2 Å². The van der Waals surface area contributed by atoms with Crippen LogP contribution in [0.25, 0.3) is 0 Å². The van der Waals surface area contributed by atoms with E-state index in [0.717, 1.165) is 0 Å². The second kappa shape index (κ2) is 7.13. The average Bonchev–Trinajstić information content (AvgIpc) is 2.42. The average molecular weight is 321 g/mol. The van der Waals surface area contributed by atoms with E-state index in [4.69, 9.17) is 15.3 Å². The molecule has 0 saturated heterocycles. The molecule has 0 spiro atoms. The molecule has 23 heavy (non-hydrogen) atoms. The Morgan fingerprint density at radius 2 is 1.65 bits per heavy atom. The molecular weight excluding hydrogens is 298 g/mol. The molecule has 1 rings (SSSR count). The molecule has 7 nitrogen and oxygen atoms in total. The van der Waals surface area contributed by atoms with Gasteiger partial charge in [0.25, 0.3) is 0 Å². The molecule has 3 N–H and O–H groups in total. The van der Waals surface area contributed by atoms with E-state index in [0.29, 0.717) is 5.56 Å². The molecule has 7 heteroatoms. The Kier molecular flexibility index (Phi) is 5.73. The van der Waals surface area contributed by atoms with Crippen LogP contribution in [0.15, 0.2) is 35.5 Å². The zero-order valence-corrected chi connectivity index (χ0v) is 14.0. The molecule has 0 radical (unpaired) electrons. The van der Waals surface area contributed by atoms with Gasteiger partial charge in [-0.15, -0.1) is 0 Å². The summed E-state index contributed by atoms with van der Waals surface area (Å²) in [6.45, 7) is 8.13. The maximum Gasteiger partial charge on any atom is 0.408 e. The second-order valence-electron chi connectivity index (χ2n) is 6.47. The van der Waals surface area contributed by atoms with E-state index in [1.807, 2.05) is 6.07 Å². The number of carbonyl (C=O) groups is 2. The summed E-state index contributed by atoms with van der Waals surface area (Å²) in [6.07, 6.45) is -0.723. The summed E-state index contributed by atoms with van der Waals surface area (Å²) in [5.74, 6) is -0.700. The van der Waals surface area contributed by atoms with Gasteiger partial charge in [-0.25, -0.2) is 9.59 Å². The Bertz CT molecular complexity index is 589. The molecule has 0 bridgehead atoms. The van der Waals surface area contributed by atoms with E-state index in [1.165, 1.54) is 13.8 Å². The number of benzene rings is 1. The number of hydrogen-bond donors (Lipinski definition) is 2. The number of nitrogens with zero attached hydrogens (tertiary/aromatic N) is 1. The minimum atomic E-state index is -1.32. The van der Waals surface area contributed by atoms with E-state index < -0.39 is 23.2 Å². The van der Waals surface area contributed by atoms with E-state index in [-0.39, 0.29) is 5.84 Å². The van der Waals surface area contributed by atoms with Crippen molar-refractivity contribution in [2.75, 3.05) is 0 Å². The molecule has 1 aromatic rings. The van der Waals surface area contributed by atoms with Crippen LogP contribution < -0.4 is 11.1 Å². The fraction of sp³-hybridized carbons (Fsp3) is 0.438. The third-order valence-electron chi connectivity index (χ3n) is 2.62. The van der Waals surface area contributed by atoms with Crippen LogP contribution in [0, 0.1) is 0 Å². The maximum atomic E-state index is 12.0. The first-order valence-corrected chi connectivity index (χ1v) is 7.13. The van der Waals surface area contributed by atoms with Gasteiger partial charge in [0.2, 0.25) is 0 Å². The van der Waals surface area contributed by atoms with Crippen LogP contribution in [0.4, 0.5) is 4.79 Å². The molecule has 0 atom stereocenters. The number of alkyl carbamates (subject to hydrolysis) is 1. The highest BCUT2D eigenvalue weighted by Crippen LogP contribution is 2.11. The Labute approximate surface area is 135 Å². The van der Waals surface area contributed by atoms with Crippen LogP contribution in [0.1, 0.15) is 40.2 Å². The predicted octanol–water partition coefficient (Wildman–Crippen LogP) is 2.15. The van der Waals surface area contributed by atoms with Gasteiger partial charge >= 0.3 is 12.1 Å². The number of amides is 1. The molecular formula is C16H23N3O4. The van der Waals surface area contributed by atoms with Crippen molar-refractivity contribution in [3.63, 3.8) is 0 Å². The van der Waals surface area contributed by atoms with Crippen LogP contribution in [0.3, 0.4) is 0 Å². The molecule has 0 aliphatic heterocycles. The second-order valence-corrected chi connectivity index (χ2v) is 6.47. The van der Waals surface area contributed by atoms with Gasteiger partial charge in [0.1, 0.15) is 11.1 Å². The lowest BCUT2D eigenvalue weighted by atomic mass is 10.1. The lowest BCUT2D eigenvalue weighted by Crippen LogP contribution is -2.51. The lowest BCUT2D eigenvalue weighted by molar-refractivity contribution is -0.150. The van der Waals surface area contributed by atoms with Crippen LogP contribution >= 0.6 is 0 Å². The topological polar surface area (TPSA) is 103 Å². The minimum absolute atomic E-state index is 0.0621. The van der Waals surface area contributed by atoms with E-state index in [9.17, 15) is 9.59 Å². The van der Waals surface area contributed by atoms with Gasteiger partial charge in [-0.1, -0.05) is 35.5 Å². The summed E-state index contributed by atoms with van der Waals surface area (Å²) in [7, 11) is 0. The van der Waals surface area contributed by atoms with Crippen molar-refractivity contribution in [3.05, 3.63) is 35.9 Å². The summed E-state index contributed by atoms with van der Waals surface area (Å²) < 4.78 is 5.10. The first-order valence-electron chi connectivity index (χ1n) is 7.13. The molecule has 0 saturated carbocycles. The molecule has 0 fully saturated rings. The Morgan fingerprint density at radius 3 is 2.17 bits per heavy atom. The number of hydrogen-bond acceptors (Lipinski definition) is 5. The quantitative estimate of drug-likeness (QED) is 0.383. The fourth-order valence-corrected chi connectivity index (χ4v) is 1.48. The molecule has 0 unspecified atom stereocenters. The lowest BCUT2D eigenvalue weighted by Gasteiger charge is -2.25. The van der Waals surface area contributed by atoms with Gasteiger partial charge in [-0.2, -0.15) is 0 Å². The predicted molar refractivity (Wildman–Crippen MR) is 86.7 cm³/mol. The largest absolute Gasteiger partial charge is 0.444 e. The number of nitrogens with one attached hydrogen (secondary N) is 1. The number of carbonyl (C=O) groups excluding carboxylic acids is 2. The van der Waals surface area contributed by atoms with Gasteiger partial charge in [-0.3, -0.25) is 0 Å². The summed E-state index contributed by atoms with van der Waals surface area (Å²) in [5, 5.41) is 6.03. The molecule has 0 aliphatic carbocycles. The number of oxime groups is 1. The van der Waals surface area contributed by atoms with Crippen molar-refractivity contribution >= 4 is 17.9 Å². The number of ether oxygens (including phenoxy) is 1. The van der Waals surface area contributed by atoms with E-state index in [1.54, 1.807) is 45.0 Å². The fourth-order valence-electron chi connectivity index (χ4n) is 1.48. The van der Waals surface area contributed by atoms with Crippen molar-refractivity contribution in [1.29, 1.82) is 0 Å². The summed E-state index contributed by atoms with van der Waals surface area (Å²) in [4.78, 5) is 28.6. The summed E-state index contributed by atoms with van der Waals surface area (Å²) in [6, 6.07) is 8.87. The molecule has 0 aliphatic rings. The van der Waals surface area contributed by atoms with Crippen LogP contribution in [0.2, 0.25) is 0 Å². The standard InChI is InChI=1S/C16H23N3O4/c1-15(2,3)22-14(21)18-16(4,5)13(20)23-19-12(17)11-9-7-6-8-10-11/h6-10H,1-5H3,(H2,17,19)(H,18,21). The van der Waals surface area contributed by atoms with Crippen LogP contribution in [-0.2, 0) is 14.4 Å². The monoisotopic (exact) mass is 321 g/mol. The Hall–Kier alpha value is -2.57. The van der Waals surface area contributed by atoms with Gasteiger partial charge in [0.15, 0.2) is 5.84 Å². The van der Waals surface area contributed by atoms with E-state index in [2.05, 4.69) is 10.5 Å². The van der Waals surface area contributed by atoms with Gasteiger partial charge < -0.3 is 20.6 Å². The first-order chi connectivity index (χ1) is 10.5. The number of nitrogens with two attached hydrogens (primary N) is 1. The highest BCUT2D eigenvalue weighted by molar-refractivity contribution is 5.97. The first kappa shape index (κ1) is 18.5. The summed E-state index contributed by atoms with van der Waals surface area (Å²) in [5.41, 5.74) is 4.37. The normalized spacial score (nSPS) is 12.5. The number of amidine groups is 1. The van der Waals surface area contributed by atoms with Crippen LogP contribution in [-0.4, -0.2) is 29.0 Å². The van der Waals surface area contributed by atoms with Crippen molar-refractivity contribution in [2.45, 2.75) is 45.8 Å². The Morgan fingerprint density at radius 1 is 1.09 bits per heavy atom. The third-order valence-corrected chi connectivity index (χ3v) is 2.62.